The Labute approximate surface area is 107 Å². The minimum Gasteiger partial charge on any atom is -0.314 e. The minimum atomic E-state index is 0.811. The third-order valence-corrected chi connectivity index (χ3v) is 4.53. The Hall–Kier alpha value is -0.0800. The molecule has 2 aliphatic rings. The van der Waals surface area contributed by atoms with Crippen LogP contribution in [0.4, 0.5) is 0 Å². The highest BCUT2D eigenvalue weighted by atomic mass is 15.2. The molecule has 0 bridgehead atoms. The van der Waals surface area contributed by atoms with Crippen molar-refractivity contribution in [2.24, 2.45) is 5.92 Å². The molecule has 1 atom stereocenters. The van der Waals surface area contributed by atoms with Crippen LogP contribution in [0.1, 0.15) is 58.8 Å². The topological polar surface area (TPSA) is 15.3 Å². The average molecular weight is 238 g/mol. The van der Waals surface area contributed by atoms with Crippen molar-refractivity contribution in [1.82, 2.24) is 10.2 Å². The molecule has 0 aromatic carbocycles. The number of rotatable bonds is 7. The maximum Gasteiger partial charge on any atom is 0.00925 e. The third kappa shape index (κ3) is 4.26. The lowest BCUT2D eigenvalue weighted by Gasteiger charge is -2.37. The van der Waals surface area contributed by atoms with Crippen LogP contribution in [0.5, 0.6) is 0 Å². The standard InChI is InChI=1S/C15H30N2/c1-3-5-15(4-2)17-10-8-14(9-11-17)16-12-13-6-7-13/h13-16H,3-12H2,1-2H3. The zero-order valence-corrected chi connectivity index (χ0v) is 11.8. The summed E-state index contributed by atoms with van der Waals surface area (Å²) < 4.78 is 0. The van der Waals surface area contributed by atoms with Crippen LogP contribution < -0.4 is 5.32 Å². The van der Waals surface area contributed by atoms with Crippen molar-refractivity contribution in [3.63, 3.8) is 0 Å². The van der Waals surface area contributed by atoms with Gasteiger partial charge in [0.2, 0.25) is 0 Å². The molecule has 0 aromatic rings. The molecule has 17 heavy (non-hydrogen) atoms. The van der Waals surface area contributed by atoms with Crippen LogP contribution in [-0.4, -0.2) is 36.6 Å². The van der Waals surface area contributed by atoms with Gasteiger partial charge >= 0.3 is 0 Å². The van der Waals surface area contributed by atoms with E-state index < -0.39 is 0 Å². The lowest BCUT2D eigenvalue weighted by molar-refractivity contribution is 0.132. The number of hydrogen-bond acceptors (Lipinski definition) is 2. The van der Waals surface area contributed by atoms with E-state index in [1.165, 1.54) is 64.6 Å². The highest BCUT2D eigenvalue weighted by molar-refractivity contribution is 4.83. The second kappa shape index (κ2) is 6.75. The number of hydrogen-bond donors (Lipinski definition) is 1. The highest BCUT2D eigenvalue weighted by Crippen LogP contribution is 2.28. The van der Waals surface area contributed by atoms with Crippen LogP contribution >= 0.6 is 0 Å². The molecule has 0 amide bonds. The summed E-state index contributed by atoms with van der Waals surface area (Å²) in [5.41, 5.74) is 0. The fraction of sp³-hybridized carbons (Fsp3) is 1.00. The second-order valence-corrected chi connectivity index (χ2v) is 6.01. The van der Waals surface area contributed by atoms with Gasteiger partial charge in [0, 0.05) is 12.1 Å². The fourth-order valence-corrected chi connectivity index (χ4v) is 3.10. The Kier molecular flexibility index (Phi) is 5.30. The lowest BCUT2D eigenvalue weighted by atomic mass is 10.00. The van der Waals surface area contributed by atoms with Gasteiger partial charge in [0.1, 0.15) is 0 Å². The summed E-state index contributed by atoms with van der Waals surface area (Å²) in [4.78, 5) is 2.73. The zero-order chi connectivity index (χ0) is 12.1. The molecule has 100 valence electrons. The van der Waals surface area contributed by atoms with Gasteiger partial charge in [0.25, 0.3) is 0 Å². The van der Waals surface area contributed by atoms with Crippen molar-refractivity contribution >= 4 is 0 Å². The number of nitrogens with zero attached hydrogens (tertiary/aromatic N) is 1. The van der Waals surface area contributed by atoms with Crippen LogP contribution in [0.3, 0.4) is 0 Å². The summed E-state index contributed by atoms with van der Waals surface area (Å²) in [6.45, 7) is 8.59. The summed E-state index contributed by atoms with van der Waals surface area (Å²) in [7, 11) is 0. The van der Waals surface area contributed by atoms with E-state index in [4.69, 9.17) is 0 Å². The Bertz CT molecular complexity index is 205. The van der Waals surface area contributed by atoms with Gasteiger partial charge in [-0.3, -0.25) is 0 Å². The molecule has 1 unspecified atom stereocenters. The van der Waals surface area contributed by atoms with Crippen LogP contribution in [0.15, 0.2) is 0 Å². The summed E-state index contributed by atoms with van der Waals surface area (Å²) in [6, 6.07) is 1.66. The fourth-order valence-electron chi connectivity index (χ4n) is 3.10. The molecule has 0 spiro atoms. The smallest absolute Gasteiger partial charge is 0.00925 e. The third-order valence-electron chi connectivity index (χ3n) is 4.53. The SMILES string of the molecule is CCCC(CC)N1CCC(NCC2CC2)CC1. The molecular weight excluding hydrogens is 208 g/mol. The summed E-state index contributed by atoms with van der Waals surface area (Å²) in [5.74, 6) is 1.02. The van der Waals surface area contributed by atoms with Gasteiger partial charge in [0.05, 0.1) is 0 Å². The monoisotopic (exact) mass is 238 g/mol. The normalized spacial score (nSPS) is 25.1. The first-order chi connectivity index (χ1) is 8.33. The van der Waals surface area contributed by atoms with Crippen molar-refractivity contribution in [3.8, 4) is 0 Å². The first-order valence-corrected chi connectivity index (χ1v) is 7.80. The van der Waals surface area contributed by atoms with Crippen LogP contribution in [0, 0.1) is 5.92 Å². The van der Waals surface area contributed by atoms with Crippen molar-refractivity contribution < 1.29 is 0 Å². The second-order valence-electron chi connectivity index (χ2n) is 6.01. The van der Waals surface area contributed by atoms with Gasteiger partial charge in [-0.15, -0.1) is 0 Å². The summed E-state index contributed by atoms with van der Waals surface area (Å²) >= 11 is 0. The zero-order valence-electron chi connectivity index (χ0n) is 11.8. The largest absolute Gasteiger partial charge is 0.314 e. The molecule has 2 nitrogen and oxygen atoms in total. The van der Waals surface area contributed by atoms with Gasteiger partial charge < -0.3 is 10.2 Å². The number of piperidine rings is 1. The molecule has 2 rings (SSSR count). The molecule has 1 saturated carbocycles. The van der Waals surface area contributed by atoms with Crippen molar-refractivity contribution in [1.29, 1.82) is 0 Å². The van der Waals surface area contributed by atoms with Gasteiger partial charge in [-0.1, -0.05) is 20.3 Å². The van der Waals surface area contributed by atoms with Crippen LogP contribution in [0.25, 0.3) is 0 Å². The predicted octanol–water partition coefficient (Wildman–Crippen LogP) is 3.03. The lowest BCUT2D eigenvalue weighted by Crippen LogP contribution is -2.46. The van der Waals surface area contributed by atoms with E-state index in [-0.39, 0.29) is 0 Å². The summed E-state index contributed by atoms with van der Waals surface area (Å²) in [5, 5.41) is 3.77. The van der Waals surface area contributed by atoms with E-state index in [2.05, 4.69) is 24.1 Å². The first-order valence-electron chi connectivity index (χ1n) is 7.80. The Morgan fingerprint density at radius 1 is 1.12 bits per heavy atom. The Morgan fingerprint density at radius 3 is 2.35 bits per heavy atom. The molecule has 1 aliphatic heterocycles. The first kappa shape index (κ1) is 13.4. The van der Waals surface area contributed by atoms with Gasteiger partial charge in [0.15, 0.2) is 0 Å². The van der Waals surface area contributed by atoms with Crippen LogP contribution in [0.2, 0.25) is 0 Å². The van der Waals surface area contributed by atoms with E-state index in [1.54, 1.807) is 0 Å². The Balaban J connectivity index is 1.64. The maximum atomic E-state index is 3.77. The number of likely N-dealkylation sites (tertiary alicyclic amines) is 1. The van der Waals surface area contributed by atoms with E-state index in [0.29, 0.717) is 0 Å². The average Bonchev–Trinajstić information content (AvgIpc) is 3.18. The van der Waals surface area contributed by atoms with E-state index in [9.17, 15) is 0 Å². The van der Waals surface area contributed by atoms with Gasteiger partial charge in [-0.2, -0.15) is 0 Å². The van der Waals surface area contributed by atoms with Crippen molar-refractivity contribution in [3.05, 3.63) is 0 Å². The van der Waals surface area contributed by atoms with E-state index in [1.807, 2.05) is 0 Å². The van der Waals surface area contributed by atoms with E-state index in [0.717, 1.165) is 18.0 Å². The summed E-state index contributed by atoms with van der Waals surface area (Å²) in [6.07, 6.45) is 9.73. The van der Waals surface area contributed by atoms with E-state index >= 15 is 0 Å². The maximum absolute atomic E-state index is 3.77. The Morgan fingerprint density at radius 2 is 1.82 bits per heavy atom. The quantitative estimate of drug-likeness (QED) is 0.733. The predicted molar refractivity (Wildman–Crippen MR) is 74.3 cm³/mol. The van der Waals surface area contributed by atoms with Gasteiger partial charge in [-0.25, -0.2) is 0 Å². The molecule has 0 radical (unpaired) electrons. The van der Waals surface area contributed by atoms with Crippen LogP contribution in [-0.2, 0) is 0 Å². The minimum absolute atomic E-state index is 0.811. The molecule has 2 fully saturated rings. The van der Waals surface area contributed by atoms with Crippen molar-refractivity contribution in [2.75, 3.05) is 19.6 Å². The molecule has 2 heteroatoms. The molecule has 1 heterocycles. The van der Waals surface area contributed by atoms with Crippen molar-refractivity contribution in [2.45, 2.75) is 70.9 Å². The highest BCUT2D eigenvalue weighted by Gasteiger charge is 2.26. The molecule has 1 saturated heterocycles. The van der Waals surface area contributed by atoms with Gasteiger partial charge in [-0.05, 0) is 64.1 Å². The molecular formula is C15H30N2. The number of nitrogens with one attached hydrogen (secondary N) is 1. The molecule has 1 aliphatic carbocycles. The molecule has 1 N–H and O–H groups in total. The molecule has 0 aromatic heterocycles.